The topological polar surface area (TPSA) is 56.4 Å². The molecule has 1 N–H and O–H groups in total. The highest BCUT2D eigenvalue weighted by molar-refractivity contribution is 6.00. The Kier molecular flexibility index (Phi) is 3.65. The zero-order valence-corrected chi connectivity index (χ0v) is 16.1. The second-order valence-corrected chi connectivity index (χ2v) is 8.74. The first-order valence-electron chi connectivity index (χ1n) is 10.2. The van der Waals surface area contributed by atoms with Crippen LogP contribution in [0.25, 0.3) is 10.9 Å². The van der Waals surface area contributed by atoms with Crippen LogP contribution in [0.5, 0.6) is 0 Å². The maximum absolute atomic E-state index is 13.8. The highest BCUT2D eigenvalue weighted by Crippen LogP contribution is 2.43. The third-order valence-corrected chi connectivity index (χ3v) is 7.14. The summed E-state index contributed by atoms with van der Waals surface area (Å²) in [6.45, 7) is 5.08. The maximum Gasteiger partial charge on any atom is 0.255 e. The summed E-state index contributed by atoms with van der Waals surface area (Å²) < 4.78 is 0. The van der Waals surface area contributed by atoms with Gasteiger partial charge in [0.15, 0.2) is 5.54 Å². The van der Waals surface area contributed by atoms with Gasteiger partial charge < -0.3 is 14.8 Å². The van der Waals surface area contributed by atoms with Crippen molar-refractivity contribution in [1.29, 1.82) is 0 Å². The van der Waals surface area contributed by atoms with Gasteiger partial charge in [-0.25, -0.2) is 0 Å². The SMILES string of the molecule is CC1CCC(N2CC(=O)N3CCc4c([nH]c5ccccc45)[C@]3(C)C2=O)CC1. The molecule has 27 heavy (non-hydrogen) atoms. The Morgan fingerprint density at radius 1 is 1.11 bits per heavy atom. The summed E-state index contributed by atoms with van der Waals surface area (Å²) in [5.74, 6) is 0.896. The molecule has 1 atom stereocenters. The molecule has 1 aliphatic carbocycles. The van der Waals surface area contributed by atoms with Gasteiger partial charge in [-0.2, -0.15) is 0 Å². The third-order valence-electron chi connectivity index (χ3n) is 7.14. The molecule has 3 aliphatic rings. The van der Waals surface area contributed by atoms with E-state index in [0.717, 1.165) is 49.2 Å². The minimum Gasteiger partial charge on any atom is -0.356 e. The predicted octanol–water partition coefficient (Wildman–Crippen LogP) is 3.19. The molecule has 142 valence electrons. The van der Waals surface area contributed by atoms with Crippen molar-refractivity contribution in [3.63, 3.8) is 0 Å². The molecule has 5 rings (SSSR count). The lowest BCUT2D eigenvalue weighted by Crippen LogP contribution is -2.68. The molecular formula is C22H27N3O2. The van der Waals surface area contributed by atoms with Gasteiger partial charge in [-0.05, 0) is 56.6 Å². The summed E-state index contributed by atoms with van der Waals surface area (Å²) in [5, 5.41) is 1.18. The van der Waals surface area contributed by atoms with E-state index in [1.165, 1.54) is 10.9 Å². The third kappa shape index (κ3) is 2.30. The van der Waals surface area contributed by atoms with Gasteiger partial charge in [-0.3, -0.25) is 9.59 Å². The molecule has 0 radical (unpaired) electrons. The van der Waals surface area contributed by atoms with Crippen LogP contribution in [-0.2, 0) is 21.5 Å². The molecule has 1 aromatic carbocycles. The average Bonchev–Trinajstić information content (AvgIpc) is 3.06. The van der Waals surface area contributed by atoms with E-state index in [1.807, 2.05) is 28.9 Å². The van der Waals surface area contributed by atoms with E-state index in [1.54, 1.807) is 0 Å². The normalized spacial score (nSPS) is 31.2. The Hall–Kier alpha value is -2.30. The molecule has 0 bridgehead atoms. The van der Waals surface area contributed by atoms with Crippen LogP contribution >= 0.6 is 0 Å². The molecule has 5 nitrogen and oxygen atoms in total. The van der Waals surface area contributed by atoms with Crippen molar-refractivity contribution < 1.29 is 9.59 Å². The highest BCUT2D eigenvalue weighted by Gasteiger charge is 2.55. The van der Waals surface area contributed by atoms with Gasteiger partial charge in [0.05, 0.1) is 5.69 Å². The van der Waals surface area contributed by atoms with Crippen molar-refractivity contribution in [3.8, 4) is 0 Å². The zero-order valence-electron chi connectivity index (χ0n) is 16.1. The van der Waals surface area contributed by atoms with Crippen molar-refractivity contribution in [2.45, 2.75) is 57.5 Å². The Morgan fingerprint density at radius 3 is 2.63 bits per heavy atom. The number of hydrogen-bond acceptors (Lipinski definition) is 2. The lowest BCUT2D eigenvalue weighted by atomic mass is 9.80. The number of benzene rings is 1. The van der Waals surface area contributed by atoms with Crippen LogP contribution in [0.2, 0.25) is 0 Å². The first-order chi connectivity index (χ1) is 13.0. The van der Waals surface area contributed by atoms with Crippen LogP contribution in [0.4, 0.5) is 0 Å². The number of carbonyl (C=O) groups is 2. The number of carbonyl (C=O) groups excluding carboxylic acids is 2. The lowest BCUT2D eigenvalue weighted by Gasteiger charge is -2.52. The monoisotopic (exact) mass is 365 g/mol. The van der Waals surface area contributed by atoms with Crippen LogP contribution in [-0.4, -0.2) is 45.7 Å². The minimum atomic E-state index is -0.912. The Morgan fingerprint density at radius 2 is 1.85 bits per heavy atom. The molecule has 0 unspecified atom stereocenters. The van der Waals surface area contributed by atoms with Crippen LogP contribution < -0.4 is 0 Å². The summed E-state index contributed by atoms with van der Waals surface area (Å²) in [5.41, 5.74) is 2.26. The summed E-state index contributed by atoms with van der Waals surface area (Å²) in [7, 11) is 0. The Bertz CT molecular complexity index is 925. The fourth-order valence-electron chi connectivity index (χ4n) is 5.49. The Balaban J connectivity index is 1.59. The second-order valence-electron chi connectivity index (χ2n) is 8.74. The molecular weight excluding hydrogens is 338 g/mol. The second kappa shape index (κ2) is 5.85. The van der Waals surface area contributed by atoms with E-state index in [-0.39, 0.29) is 24.4 Å². The molecule has 5 heteroatoms. The van der Waals surface area contributed by atoms with Crippen molar-refractivity contribution >= 4 is 22.7 Å². The van der Waals surface area contributed by atoms with E-state index in [9.17, 15) is 9.59 Å². The number of aromatic amines is 1. The van der Waals surface area contributed by atoms with Gasteiger partial charge in [0.2, 0.25) is 5.91 Å². The number of hydrogen-bond donors (Lipinski definition) is 1. The summed E-state index contributed by atoms with van der Waals surface area (Å²) >= 11 is 0. The summed E-state index contributed by atoms with van der Waals surface area (Å²) in [6.07, 6.45) is 5.10. The number of piperazine rings is 1. The van der Waals surface area contributed by atoms with E-state index in [0.29, 0.717) is 6.54 Å². The van der Waals surface area contributed by atoms with Crippen molar-refractivity contribution in [2.24, 2.45) is 5.92 Å². The van der Waals surface area contributed by atoms with Crippen molar-refractivity contribution in [1.82, 2.24) is 14.8 Å². The quantitative estimate of drug-likeness (QED) is 0.844. The fourth-order valence-corrected chi connectivity index (χ4v) is 5.49. The molecule has 1 aromatic heterocycles. The van der Waals surface area contributed by atoms with E-state index >= 15 is 0 Å². The molecule has 1 saturated carbocycles. The molecule has 0 spiro atoms. The Labute approximate surface area is 159 Å². The summed E-state index contributed by atoms with van der Waals surface area (Å²) in [6, 6.07) is 8.41. The van der Waals surface area contributed by atoms with E-state index in [2.05, 4.69) is 24.0 Å². The molecule has 2 amide bonds. The molecule has 3 heterocycles. The van der Waals surface area contributed by atoms with Crippen LogP contribution in [0.15, 0.2) is 24.3 Å². The fraction of sp³-hybridized carbons (Fsp3) is 0.545. The van der Waals surface area contributed by atoms with Gasteiger partial charge in [-0.15, -0.1) is 0 Å². The van der Waals surface area contributed by atoms with Crippen LogP contribution in [0.3, 0.4) is 0 Å². The number of fused-ring (bicyclic) bond motifs is 5. The number of H-pyrrole nitrogens is 1. The molecule has 2 aromatic rings. The van der Waals surface area contributed by atoms with Crippen molar-refractivity contribution in [3.05, 3.63) is 35.5 Å². The first-order valence-corrected chi connectivity index (χ1v) is 10.2. The smallest absolute Gasteiger partial charge is 0.255 e. The average molecular weight is 365 g/mol. The van der Waals surface area contributed by atoms with Crippen LogP contribution in [0.1, 0.15) is 50.8 Å². The van der Waals surface area contributed by atoms with Gasteiger partial charge >= 0.3 is 0 Å². The van der Waals surface area contributed by atoms with Gasteiger partial charge in [-0.1, -0.05) is 25.1 Å². The molecule has 2 aliphatic heterocycles. The maximum atomic E-state index is 13.8. The standard InChI is InChI=1S/C22H27N3O2/c1-14-7-9-15(10-8-14)24-13-19(26)25-12-11-17-16-5-3-4-6-18(16)23-20(17)22(25,2)21(24)27/h3-6,14-15,23H,7-13H2,1-2H3/t14?,15?,22-/m1/s1. The van der Waals surface area contributed by atoms with E-state index < -0.39 is 5.54 Å². The predicted molar refractivity (Wildman–Crippen MR) is 104 cm³/mol. The van der Waals surface area contributed by atoms with Gasteiger partial charge in [0.1, 0.15) is 6.54 Å². The van der Waals surface area contributed by atoms with Crippen LogP contribution in [0, 0.1) is 5.92 Å². The zero-order chi connectivity index (χ0) is 18.8. The van der Waals surface area contributed by atoms with Gasteiger partial charge in [0.25, 0.3) is 5.91 Å². The molecule has 2 fully saturated rings. The number of rotatable bonds is 1. The number of amides is 2. The molecule has 1 saturated heterocycles. The highest BCUT2D eigenvalue weighted by atomic mass is 16.2. The number of para-hydroxylation sites is 1. The first kappa shape index (κ1) is 16.8. The lowest BCUT2D eigenvalue weighted by molar-refractivity contribution is -0.169. The van der Waals surface area contributed by atoms with Crippen molar-refractivity contribution in [2.75, 3.05) is 13.1 Å². The number of nitrogens with one attached hydrogen (secondary N) is 1. The number of nitrogens with zero attached hydrogens (tertiary/aromatic N) is 2. The summed E-state index contributed by atoms with van der Waals surface area (Å²) in [4.78, 5) is 34.0. The van der Waals surface area contributed by atoms with Gasteiger partial charge in [0, 0.05) is 23.5 Å². The number of aromatic nitrogens is 1. The largest absolute Gasteiger partial charge is 0.356 e. The minimum absolute atomic E-state index is 0.0834. The van der Waals surface area contributed by atoms with E-state index in [4.69, 9.17) is 0 Å².